The van der Waals surface area contributed by atoms with Gasteiger partial charge in [0.2, 0.25) is 6.29 Å². The molecule has 1 aliphatic heterocycles. The van der Waals surface area contributed by atoms with Crippen LogP contribution in [-0.2, 0) is 33.4 Å². The van der Waals surface area contributed by atoms with E-state index in [4.69, 9.17) is 24.4 Å². The van der Waals surface area contributed by atoms with Crippen LogP contribution in [0.25, 0.3) is 0 Å². The van der Waals surface area contributed by atoms with Crippen LogP contribution in [-0.4, -0.2) is 78.6 Å². The smallest absolute Gasteiger partial charge is 0.320 e. The van der Waals surface area contributed by atoms with Gasteiger partial charge in [-0.05, 0) is 39.8 Å². The van der Waals surface area contributed by atoms with Crippen molar-refractivity contribution in [2.45, 2.75) is 354 Å². The normalized spacial score (nSPS) is 14.1. The predicted molar refractivity (Wildman–Crippen MR) is 307 cm³/mol. The number of unbranched alkanes of at least 4 members (excludes halogenated alkanes) is 42. The van der Waals surface area contributed by atoms with Gasteiger partial charge < -0.3 is 24.4 Å². The van der Waals surface area contributed by atoms with Gasteiger partial charge in [-0.1, -0.05) is 290 Å². The van der Waals surface area contributed by atoms with E-state index in [0.29, 0.717) is 25.7 Å². The zero-order chi connectivity index (χ0) is 53.9. The molecule has 434 valence electrons. The molecule has 0 aromatic rings. The molecule has 0 aliphatic carbocycles. The van der Waals surface area contributed by atoms with E-state index in [1.54, 1.807) is 4.90 Å². The molecule has 0 bridgehead atoms. The number of hydrogen-bond donors (Lipinski definition) is 2. The van der Waals surface area contributed by atoms with Crippen molar-refractivity contribution in [3.63, 3.8) is 0 Å². The van der Waals surface area contributed by atoms with Gasteiger partial charge in [-0.25, -0.2) is 0 Å². The third-order valence-electron chi connectivity index (χ3n) is 14.2. The van der Waals surface area contributed by atoms with Gasteiger partial charge in [0.25, 0.3) is 0 Å². The SMILES string of the molecule is CCCCCCCCCCCCCCCCCC(=O)O.CCCCCCCCCCCCCCCCCC(=O)O.CCCCCCCCCCCCCCCCCC(=O)O[C@H]1CC[C@@H](COC(=O)CN(C)C)O1. The van der Waals surface area contributed by atoms with Crippen molar-refractivity contribution in [3.05, 3.63) is 0 Å². The van der Waals surface area contributed by atoms with Gasteiger partial charge in [-0.3, -0.25) is 24.1 Å². The lowest BCUT2D eigenvalue weighted by atomic mass is 10.0. The van der Waals surface area contributed by atoms with Gasteiger partial charge in [0, 0.05) is 25.7 Å². The van der Waals surface area contributed by atoms with Crippen molar-refractivity contribution in [1.82, 2.24) is 4.90 Å². The van der Waals surface area contributed by atoms with Crippen LogP contribution in [0.3, 0.4) is 0 Å². The lowest BCUT2D eigenvalue weighted by Gasteiger charge is -2.15. The Labute approximate surface area is 452 Å². The second-order valence-electron chi connectivity index (χ2n) is 22.1. The minimum Gasteiger partial charge on any atom is -0.481 e. The lowest BCUT2D eigenvalue weighted by molar-refractivity contribution is -0.180. The number of aliphatic carboxylic acids is 2. The fourth-order valence-electron chi connectivity index (χ4n) is 9.51. The van der Waals surface area contributed by atoms with Gasteiger partial charge in [-0.2, -0.15) is 0 Å². The first-order valence-corrected chi connectivity index (χ1v) is 31.6. The molecule has 1 fully saturated rings. The summed E-state index contributed by atoms with van der Waals surface area (Å²) in [4.78, 5) is 46.0. The minimum atomic E-state index is -0.653. The largest absolute Gasteiger partial charge is 0.481 e. The van der Waals surface area contributed by atoms with Crippen molar-refractivity contribution in [3.8, 4) is 0 Å². The van der Waals surface area contributed by atoms with Crippen LogP contribution < -0.4 is 0 Å². The Hall–Kier alpha value is -2.20. The van der Waals surface area contributed by atoms with Crippen LogP contribution in [0.5, 0.6) is 0 Å². The lowest BCUT2D eigenvalue weighted by Crippen LogP contribution is -2.27. The van der Waals surface area contributed by atoms with E-state index < -0.39 is 18.2 Å². The van der Waals surface area contributed by atoms with E-state index >= 15 is 0 Å². The highest BCUT2D eigenvalue weighted by molar-refractivity contribution is 5.71. The molecule has 10 heteroatoms. The Morgan fingerprint density at radius 3 is 0.904 bits per heavy atom. The zero-order valence-corrected chi connectivity index (χ0v) is 49.1. The molecule has 0 spiro atoms. The van der Waals surface area contributed by atoms with Crippen molar-refractivity contribution in [1.29, 1.82) is 0 Å². The Bertz CT molecular complexity index is 1120. The summed E-state index contributed by atoms with van der Waals surface area (Å²) in [7, 11) is 3.64. The average Bonchev–Trinajstić information content (AvgIpc) is 3.81. The van der Waals surface area contributed by atoms with Crippen LogP contribution in [0.1, 0.15) is 342 Å². The Morgan fingerprint density at radius 1 is 0.384 bits per heavy atom. The summed E-state index contributed by atoms with van der Waals surface area (Å²) in [6.45, 7) is 7.29. The third kappa shape index (κ3) is 64.0. The van der Waals surface area contributed by atoms with Crippen LogP contribution in [0, 0.1) is 0 Å². The number of carbonyl (C=O) groups excluding carboxylic acids is 2. The van der Waals surface area contributed by atoms with Gasteiger partial charge in [0.15, 0.2) is 0 Å². The number of carboxylic acid groups (broad SMARTS) is 2. The van der Waals surface area contributed by atoms with Crippen molar-refractivity contribution < 1.29 is 43.6 Å². The highest BCUT2D eigenvalue weighted by atomic mass is 16.7. The van der Waals surface area contributed by atoms with E-state index in [0.717, 1.165) is 44.9 Å². The number of carboxylic acids is 2. The molecule has 0 saturated carbocycles. The van der Waals surface area contributed by atoms with Crippen LogP contribution in [0.4, 0.5) is 0 Å². The maximum atomic E-state index is 12.0. The molecule has 0 amide bonds. The number of hydrogen-bond acceptors (Lipinski definition) is 8. The summed E-state index contributed by atoms with van der Waals surface area (Å²) in [5.41, 5.74) is 0. The molecule has 2 N–H and O–H groups in total. The molecule has 0 unspecified atom stereocenters. The van der Waals surface area contributed by atoms with Crippen molar-refractivity contribution >= 4 is 23.9 Å². The number of carbonyl (C=O) groups is 4. The minimum absolute atomic E-state index is 0.181. The first kappa shape index (κ1) is 72.9. The van der Waals surface area contributed by atoms with Gasteiger partial charge in [0.1, 0.15) is 6.61 Å². The predicted octanol–water partition coefficient (Wildman–Crippen LogP) is 19.1. The summed E-state index contributed by atoms with van der Waals surface area (Å²) < 4.78 is 16.3. The monoisotopic (exact) mass is 1040 g/mol. The Kier molecular flexibility index (Phi) is 60.6. The van der Waals surface area contributed by atoms with E-state index in [1.165, 1.54) is 250 Å². The second kappa shape index (κ2) is 60.7. The maximum absolute atomic E-state index is 12.0. The fraction of sp³-hybridized carbons (Fsp3) is 0.937. The summed E-state index contributed by atoms with van der Waals surface area (Å²) in [6.07, 6.45) is 61.3. The topological polar surface area (TPSA) is 140 Å². The van der Waals surface area contributed by atoms with Crippen LogP contribution in [0.15, 0.2) is 0 Å². The fourth-order valence-corrected chi connectivity index (χ4v) is 9.51. The standard InChI is InChI=1S/C27H51NO5.2C18H36O2/c1-4-5-6-7-8-9-10-11-12-13-14-15-16-17-18-19-25(29)33-27-21-20-24(32-27)23-31-26(30)22-28(2)3;2*1-2-3-4-5-6-7-8-9-10-11-12-13-14-15-16-17-18(19)20/h24,27H,4-23H2,1-3H3;2*2-17H2,1H3,(H,19,20)/t24-,27-;;/m0../s1. The number of likely N-dealkylation sites (N-methyl/N-ethyl adjacent to an activating group) is 1. The third-order valence-corrected chi connectivity index (χ3v) is 14.2. The van der Waals surface area contributed by atoms with Crippen LogP contribution >= 0.6 is 0 Å². The second-order valence-corrected chi connectivity index (χ2v) is 22.1. The summed E-state index contributed by atoms with van der Waals surface area (Å²) in [5, 5.41) is 17.0. The first-order chi connectivity index (χ1) is 35.5. The molecule has 1 rings (SSSR count). The van der Waals surface area contributed by atoms with Crippen LogP contribution in [0.2, 0.25) is 0 Å². The molecular weight excluding hydrogens is 915 g/mol. The maximum Gasteiger partial charge on any atom is 0.320 e. The van der Waals surface area contributed by atoms with Gasteiger partial charge >= 0.3 is 23.9 Å². The molecule has 0 aromatic heterocycles. The number of nitrogens with zero attached hydrogens (tertiary/aromatic N) is 1. The molecule has 2 atom stereocenters. The molecular formula is C63H123NO9. The highest BCUT2D eigenvalue weighted by Crippen LogP contribution is 2.22. The Morgan fingerprint density at radius 2 is 0.644 bits per heavy atom. The van der Waals surface area contributed by atoms with Gasteiger partial charge in [0.05, 0.1) is 12.6 Å². The summed E-state index contributed by atoms with van der Waals surface area (Å²) in [5.74, 6) is -1.75. The molecule has 1 saturated heterocycles. The van der Waals surface area contributed by atoms with Crippen molar-refractivity contribution in [2.24, 2.45) is 0 Å². The Balaban J connectivity index is 0. The van der Waals surface area contributed by atoms with E-state index in [-0.39, 0.29) is 31.2 Å². The molecule has 73 heavy (non-hydrogen) atoms. The van der Waals surface area contributed by atoms with Crippen molar-refractivity contribution in [2.75, 3.05) is 27.2 Å². The molecule has 10 nitrogen and oxygen atoms in total. The van der Waals surface area contributed by atoms with Gasteiger partial charge in [-0.15, -0.1) is 0 Å². The van der Waals surface area contributed by atoms with E-state index in [9.17, 15) is 19.2 Å². The molecule has 0 aromatic carbocycles. The molecule has 0 radical (unpaired) electrons. The number of rotatable bonds is 53. The van der Waals surface area contributed by atoms with E-state index in [1.807, 2.05) is 14.1 Å². The average molecular weight is 1040 g/mol. The number of esters is 2. The highest BCUT2D eigenvalue weighted by Gasteiger charge is 2.29. The number of ether oxygens (including phenoxy) is 3. The quantitative estimate of drug-likeness (QED) is 0.0447. The summed E-state index contributed by atoms with van der Waals surface area (Å²) in [6, 6.07) is 0. The first-order valence-electron chi connectivity index (χ1n) is 31.6. The molecule has 1 heterocycles. The summed E-state index contributed by atoms with van der Waals surface area (Å²) >= 11 is 0. The zero-order valence-electron chi connectivity index (χ0n) is 49.1. The van der Waals surface area contributed by atoms with E-state index in [2.05, 4.69) is 20.8 Å². The molecule has 1 aliphatic rings.